The SMILES string of the molecule is COc1c(Cl)cc(/C(O)=C2\C(=O)C(=O)N(c3ccccc3C)C2c2cccc(Oc3ccccc3)c2)c(OC)c1Cl. The van der Waals surface area contributed by atoms with Crippen molar-refractivity contribution >= 4 is 46.3 Å². The van der Waals surface area contributed by atoms with Gasteiger partial charge in [-0.1, -0.05) is 71.7 Å². The van der Waals surface area contributed by atoms with E-state index in [9.17, 15) is 14.7 Å². The summed E-state index contributed by atoms with van der Waals surface area (Å²) >= 11 is 12.9. The molecule has 1 aliphatic rings. The number of benzene rings is 4. The second-order valence-corrected chi connectivity index (χ2v) is 10.0. The van der Waals surface area contributed by atoms with Gasteiger partial charge in [0.05, 0.1) is 36.4 Å². The Labute approximate surface area is 247 Å². The number of para-hydroxylation sites is 2. The maximum atomic E-state index is 13.7. The van der Waals surface area contributed by atoms with Gasteiger partial charge in [0.2, 0.25) is 0 Å². The van der Waals surface area contributed by atoms with Crippen molar-refractivity contribution in [1.82, 2.24) is 0 Å². The van der Waals surface area contributed by atoms with Gasteiger partial charge in [0, 0.05) is 5.69 Å². The predicted molar refractivity (Wildman–Crippen MR) is 158 cm³/mol. The van der Waals surface area contributed by atoms with E-state index in [2.05, 4.69) is 0 Å². The van der Waals surface area contributed by atoms with Crippen LogP contribution in [0, 0.1) is 6.92 Å². The number of anilines is 1. The Hall–Kier alpha value is -4.46. The van der Waals surface area contributed by atoms with Crippen molar-refractivity contribution in [1.29, 1.82) is 0 Å². The third kappa shape index (κ3) is 5.10. The summed E-state index contributed by atoms with van der Waals surface area (Å²) in [6.07, 6.45) is 0. The Kier molecular flexibility index (Phi) is 7.92. The maximum absolute atomic E-state index is 13.7. The average molecular weight is 590 g/mol. The number of amides is 1. The number of carbonyl (C=O) groups excluding carboxylic acids is 2. The summed E-state index contributed by atoms with van der Waals surface area (Å²) in [4.78, 5) is 28.7. The van der Waals surface area contributed by atoms with Gasteiger partial charge in [-0.15, -0.1) is 0 Å². The van der Waals surface area contributed by atoms with E-state index in [1.54, 1.807) is 36.4 Å². The Morgan fingerprint density at radius 1 is 0.829 bits per heavy atom. The van der Waals surface area contributed by atoms with E-state index >= 15 is 0 Å². The van der Waals surface area contributed by atoms with Crippen LogP contribution in [0.25, 0.3) is 5.76 Å². The molecule has 208 valence electrons. The van der Waals surface area contributed by atoms with Crippen molar-refractivity contribution in [3.8, 4) is 23.0 Å². The van der Waals surface area contributed by atoms with Crippen molar-refractivity contribution in [2.45, 2.75) is 13.0 Å². The van der Waals surface area contributed by atoms with Gasteiger partial charge in [-0.3, -0.25) is 14.5 Å². The van der Waals surface area contributed by atoms with Crippen LogP contribution in [0.1, 0.15) is 22.7 Å². The maximum Gasteiger partial charge on any atom is 0.300 e. The molecule has 1 saturated heterocycles. The topological polar surface area (TPSA) is 85.3 Å². The molecule has 1 atom stereocenters. The zero-order valence-electron chi connectivity index (χ0n) is 22.4. The number of hydrogen-bond donors (Lipinski definition) is 1. The van der Waals surface area contributed by atoms with Crippen LogP contribution in [0.2, 0.25) is 10.0 Å². The molecule has 0 radical (unpaired) electrons. The average Bonchev–Trinajstić information content (AvgIpc) is 3.23. The summed E-state index contributed by atoms with van der Waals surface area (Å²) in [6.45, 7) is 1.84. The monoisotopic (exact) mass is 589 g/mol. The van der Waals surface area contributed by atoms with E-state index in [1.807, 2.05) is 49.4 Å². The largest absolute Gasteiger partial charge is 0.507 e. The lowest BCUT2D eigenvalue weighted by Crippen LogP contribution is -2.30. The van der Waals surface area contributed by atoms with Crippen LogP contribution in [0.5, 0.6) is 23.0 Å². The van der Waals surface area contributed by atoms with Crippen molar-refractivity contribution in [2.24, 2.45) is 0 Å². The first-order chi connectivity index (χ1) is 19.8. The van der Waals surface area contributed by atoms with E-state index < -0.39 is 23.5 Å². The highest BCUT2D eigenvalue weighted by Gasteiger charge is 2.48. The smallest absolute Gasteiger partial charge is 0.300 e. The van der Waals surface area contributed by atoms with Crippen molar-refractivity contribution in [2.75, 3.05) is 19.1 Å². The fourth-order valence-electron chi connectivity index (χ4n) is 4.89. The van der Waals surface area contributed by atoms with Crippen LogP contribution in [0.4, 0.5) is 5.69 Å². The standard InChI is InChI=1S/C32H25Cl2NO6/c1-18-10-7-8-15-24(18)35-27(19-11-9-14-21(16-19)41-20-12-5-4-6-13-20)25(29(37)32(35)38)28(36)22-17-23(33)31(40-3)26(34)30(22)39-2/h4-17,27,36H,1-3H3/b28-25+. The number of ether oxygens (including phenoxy) is 3. The first-order valence-electron chi connectivity index (χ1n) is 12.6. The molecule has 1 N–H and O–H groups in total. The summed E-state index contributed by atoms with van der Waals surface area (Å²) in [7, 11) is 2.75. The highest BCUT2D eigenvalue weighted by atomic mass is 35.5. The van der Waals surface area contributed by atoms with Crippen LogP contribution in [-0.2, 0) is 9.59 Å². The number of hydrogen-bond acceptors (Lipinski definition) is 6. The second-order valence-electron chi connectivity index (χ2n) is 9.23. The molecule has 1 amide bonds. The predicted octanol–water partition coefficient (Wildman–Crippen LogP) is 7.74. The van der Waals surface area contributed by atoms with Gasteiger partial charge in [0.1, 0.15) is 22.3 Å². The minimum absolute atomic E-state index is 0.00647. The number of nitrogens with zero attached hydrogens (tertiary/aromatic N) is 1. The fourth-order valence-corrected chi connectivity index (χ4v) is 5.58. The minimum Gasteiger partial charge on any atom is -0.507 e. The van der Waals surface area contributed by atoms with Gasteiger partial charge in [-0.25, -0.2) is 0 Å². The molecule has 4 aromatic carbocycles. The normalized spacial score (nSPS) is 16.1. The number of aliphatic hydroxyl groups excluding tert-OH is 1. The number of carbonyl (C=O) groups is 2. The third-order valence-corrected chi connectivity index (χ3v) is 7.39. The number of aryl methyl sites for hydroxylation is 1. The summed E-state index contributed by atoms with van der Waals surface area (Å²) in [5.74, 6) is -0.902. The van der Waals surface area contributed by atoms with Gasteiger partial charge in [-0.05, 0) is 54.4 Å². The highest BCUT2D eigenvalue weighted by molar-refractivity contribution is 6.52. The molecular formula is C32H25Cl2NO6. The van der Waals surface area contributed by atoms with E-state index in [1.165, 1.54) is 25.2 Å². The van der Waals surface area contributed by atoms with E-state index in [-0.39, 0.29) is 32.7 Å². The molecule has 1 heterocycles. The number of rotatable bonds is 7. The Morgan fingerprint density at radius 2 is 1.49 bits per heavy atom. The molecule has 5 rings (SSSR count). The van der Waals surface area contributed by atoms with Gasteiger partial charge in [0.15, 0.2) is 11.5 Å². The molecule has 1 fully saturated rings. The van der Waals surface area contributed by atoms with Crippen LogP contribution in [0.15, 0.2) is 90.5 Å². The van der Waals surface area contributed by atoms with Crippen LogP contribution in [0.3, 0.4) is 0 Å². The molecule has 0 saturated carbocycles. The summed E-state index contributed by atoms with van der Waals surface area (Å²) in [5, 5.41) is 11.8. The molecule has 1 unspecified atom stereocenters. The third-order valence-electron chi connectivity index (χ3n) is 6.77. The van der Waals surface area contributed by atoms with E-state index in [4.69, 9.17) is 37.4 Å². The van der Waals surface area contributed by atoms with Crippen LogP contribution >= 0.6 is 23.2 Å². The first-order valence-corrected chi connectivity index (χ1v) is 13.3. The Balaban J connectivity index is 1.75. The van der Waals surface area contributed by atoms with Crippen LogP contribution in [-0.4, -0.2) is 31.0 Å². The number of methoxy groups -OCH3 is 2. The molecule has 7 nitrogen and oxygen atoms in total. The number of Topliss-reactive ketones (excluding diaryl/α,β-unsaturated/α-hetero) is 1. The summed E-state index contributed by atoms with van der Waals surface area (Å²) in [6, 6.07) is 23.8. The van der Waals surface area contributed by atoms with Crippen molar-refractivity contribution in [3.05, 3.63) is 117 Å². The molecule has 4 aromatic rings. The zero-order valence-corrected chi connectivity index (χ0v) is 23.9. The molecule has 0 spiro atoms. The lowest BCUT2D eigenvalue weighted by atomic mass is 9.94. The van der Waals surface area contributed by atoms with Gasteiger partial charge >= 0.3 is 0 Å². The quantitative estimate of drug-likeness (QED) is 0.135. The van der Waals surface area contributed by atoms with E-state index in [0.29, 0.717) is 22.7 Å². The van der Waals surface area contributed by atoms with Gasteiger partial charge in [0.25, 0.3) is 11.7 Å². The Morgan fingerprint density at radius 3 is 2.17 bits per heavy atom. The van der Waals surface area contributed by atoms with Gasteiger partial charge < -0.3 is 19.3 Å². The highest BCUT2D eigenvalue weighted by Crippen LogP contribution is 2.48. The molecule has 0 aromatic heterocycles. The number of halogens is 2. The number of ketones is 1. The molecule has 0 bridgehead atoms. The molecular weight excluding hydrogens is 565 g/mol. The van der Waals surface area contributed by atoms with Crippen molar-refractivity contribution in [3.63, 3.8) is 0 Å². The first kappa shape index (κ1) is 28.1. The van der Waals surface area contributed by atoms with E-state index in [0.717, 1.165) is 5.56 Å². The van der Waals surface area contributed by atoms with Crippen molar-refractivity contribution < 1.29 is 28.9 Å². The molecule has 0 aliphatic carbocycles. The molecule has 41 heavy (non-hydrogen) atoms. The lowest BCUT2D eigenvalue weighted by molar-refractivity contribution is -0.132. The molecule has 1 aliphatic heterocycles. The fraction of sp³-hybridized carbons (Fsp3) is 0.125. The summed E-state index contributed by atoms with van der Waals surface area (Å²) < 4.78 is 16.8. The second kappa shape index (κ2) is 11.6. The number of aliphatic hydroxyl groups is 1. The summed E-state index contributed by atoms with van der Waals surface area (Å²) in [5.41, 5.74) is 1.69. The minimum atomic E-state index is -1.01. The Bertz CT molecular complexity index is 1690. The van der Waals surface area contributed by atoms with Crippen LogP contribution < -0.4 is 19.1 Å². The zero-order chi connectivity index (χ0) is 29.3. The van der Waals surface area contributed by atoms with Gasteiger partial charge in [-0.2, -0.15) is 0 Å². The lowest BCUT2D eigenvalue weighted by Gasteiger charge is -2.27. The molecule has 9 heteroatoms.